The number of ether oxygens (including phenoxy) is 2. The fourth-order valence-corrected chi connectivity index (χ4v) is 8.97. The van der Waals surface area contributed by atoms with Gasteiger partial charge in [-0.2, -0.15) is 0 Å². The first-order chi connectivity index (χ1) is 34.6. The quantitative estimate of drug-likeness (QED) is 0.0373. The van der Waals surface area contributed by atoms with Crippen molar-refractivity contribution in [3.63, 3.8) is 0 Å². The van der Waals surface area contributed by atoms with Gasteiger partial charge >= 0.3 is 11.9 Å². The van der Waals surface area contributed by atoms with Gasteiger partial charge in [0.25, 0.3) is 0 Å². The van der Waals surface area contributed by atoms with Crippen molar-refractivity contribution in [1.82, 2.24) is 0 Å². The Morgan fingerprint density at radius 2 is 0.614 bits per heavy atom. The van der Waals surface area contributed by atoms with E-state index in [-0.39, 0.29) is 25.2 Å². The first-order valence-corrected chi connectivity index (χ1v) is 30.5. The summed E-state index contributed by atoms with van der Waals surface area (Å²) in [4.78, 5) is 24.5. The molecule has 5 heteroatoms. The van der Waals surface area contributed by atoms with E-state index in [2.05, 4.69) is 86.8 Å². The highest BCUT2D eigenvalue weighted by Gasteiger charge is 2.16. The summed E-state index contributed by atoms with van der Waals surface area (Å²) >= 11 is 0. The smallest absolute Gasteiger partial charge is 0.306 e. The first kappa shape index (κ1) is 67.3. The van der Waals surface area contributed by atoms with Crippen molar-refractivity contribution in [3.05, 3.63) is 72.9 Å². The number of hydrogen-bond acceptors (Lipinski definition) is 5. The van der Waals surface area contributed by atoms with Crippen molar-refractivity contribution in [1.29, 1.82) is 0 Å². The number of aliphatic hydroxyl groups is 1. The fourth-order valence-electron chi connectivity index (χ4n) is 8.97. The van der Waals surface area contributed by atoms with Crippen LogP contribution in [-0.4, -0.2) is 36.4 Å². The summed E-state index contributed by atoms with van der Waals surface area (Å²) < 4.78 is 10.7. The Morgan fingerprint density at radius 3 is 0.929 bits per heavy atom. The second-order valence-corrected chi connectivity index (χ2v) is 20.4. The highest BCUT2D eigenvalue weighted by Crippen LogP contribution is 2.18. The Labute approximate surface area is 435 Å². The van der Waals surface area contributed by atoms with Crippen LogP contribution in [0, 0.1) is 0 Å². The highest BCUT2D eigenvalue weighted by molar-refractivity contribution is 5.70. The Balaban J connectivity index is 3.45. The Hall–Kier alpha value is -2.66. The first-order valence-electron chi connectivity index (χ1n) is 30.5. The molecule has 0 saturated carbocycles. The predicted octanol–water partition coefficient (Wildman–Crippen LogP) is 20.8. The van der Waals surface area contributed by atoms with E-state index < -0.39 is 6.10 Å². The molecule has 0 amide bonds. The lowest BCUT2D eigenvalue weighted by atomic mass is 10.0. The van der Waals surface area contributed by atoms with Crippen LogP contribution in [0.25, 0.3) is 0 Å². The van der Waals surface area contributed by atoms with E-state index in [9.17, 15) is 14.7 Å². The number of rotatable bonds is 56. The summed E-state index contributed by atoms with van der Waals surface area (Å²) in [6, 6.07) is 0. The number of carbonyl (C=O) groups is 2. The Kier molecular flexibility index (Phi) is 58.3. The molecular formula is C65H116O5. The average molecular weight is 978 g/mol. The maximum absolute atomic E-state index is 12.3. The predicted molar refractivity (Wildman–Crippen MR) is 306 cm³/mol. The number of carbonyl (C=O) groups excluding carboxylic acids is 2. The van der Waals surface area contributed by atoms with Gasteiger partial charge in [-0.3, -0.25) is 9.59 Å². The minimum atomic E-state index is -0.798. The van der Waals surface area contributed by atoms with Gasteiger partial charge < -0.3 is 14.6 Å². The van der Waals surface area contributed by atoms with Crippen molar-refractivity contribution in [2.45, 2.75) is 315 Å². The maximum Gasteiger partial charge on any atom is 0.306 e. The Morgan fingerprint density at radius 1 is 0.343 bits per heavy atom. The van der Waals surface area contributed by atoms with Crippen molar-refractivity contribution >= 4 is 11.9 Å². The molecule has 0 aliphatic carbocycles. The normalized spacial score (nSPS) is 12.7. The van der Waals surface area contributed by atoms with Gasteiger partial charge in [0.05, 0.1) is 6.61 Å². The van der Waals surface area contributed by atoms with E-state index in [1.165, 1.54) is 205 Å². The van der Waals surface area contributed by atoms with Gasteiger partial charge in [-0.25, -0.2) is 0 Å². The molecule has 0 radical (unpaired) electrons. The molecule has 0 aliphatic rings. The second-order valence-electron chi connectivity index (χ2n) is 20.4. The molecule has 0 spiro atoms. The number of esters is 2. The van der Waals surface area contributed by atoms with Crippen LogP contribution in [0.2, 0.25) is 0 Å². The monoisotopic (exact) mass is 977 g/mol. The standard InChI is InChI=1S/C65H116O5/c1-3-5-7-9-11-13-15-17-19-21-23-25-26-27-28-29-30-31-32-33-34-35-36-37-38-40-41-43-45-47-49-51-53-55-57-59-64(67)69-62-63(61-66)70-65(68)60-58-56-54-52-50-48-46-44-42-39-24-22-20-18-16-14-12-10-8-6-4-2/h6,8,12,14,18,20,24,39,44,46,50,52,63,66H,3-5,7,9-11,13,15-17,19,21-23,25-38,40-43,45,47-49,51,53-62H2,1-2H3/b8-6-,14-12-,20-18-,39-24-,46-44-,52-50-. The zero-order valence-corrected chi connectivity index (χ0v) is 46.5. The van der Waals surface area contributed by atoms with Crippen LogP contribution in [0.1, 0.15) is 309 Å². The SMILES string of the molecule is CC/C=C\C/C=C\C/C=C\C/C=C\C/C=C\C/C=C\CCCCC(=O)OC(CO)COC(=O)CCCCCCCCCCCCCCCCCCCCCCCCCCCCCCCCCCCCC. The van der Waals surface area contributed by atoms with Crippen molar-refractivity contribution < 1.29 is 24.2 Å². The summed E-state index contributed by atoms with van der Waals surface area (Å²) in [6.07, 6.45) is 83.4. The van der Waals surface area contributed by atoms with Crippen LogP contribution in [0.5, 0.6) is 0 Å². The molecule has 0 bridgehead atoms. The zero-order chi connectivity index (χ0) is 50.6. The van der Waals surface area contributed by atoms with Crippen molar-refractivity contribution in [2.75, 3.05) is 13.2 Å². The average Bonchev–Trinajstić information content (AvgIpc) is 3.36. The molecule has 1 atom stereocenters. The van der Waals surface area contributed by atoms with Gasteiger partial charge in [-0.15, -0.1) is 0 Å². The van der Waals surface area contributed by atoms with E-state index in [1.807, 2.05) is 0 Å². The molecule has 70 heavy (non-hydrogen) atoms. The molecule has 1 N–H and O–H groups in total. The fraction of sp³-hybridized carbons (Fsp3) is 0.785. The molecule has 0 fully saturated rings. The van der Waals surface area contributed by atoms with Gasteiger partial charge in [-0.05, 0) is 64.2 Å². The lowest BCUT2D eigenvalue weighted by Gasteiger charge is -2.15. The van der Waals surface area contributed by atoms with E-state index in [0.29, 0.717) is 12.8 Å². The van der Waals surface area contributed by atoms with Crippen molar-refractivity contribution in [2.24, 2.45) is 0 Å². The second kappa shape index (κ2) is 60.6. The summed E-state index contributed by atoms with van der Waals surface area (Å²) in [6.45, 7) is 4.02. The molecule has 0 aromatic carbocycles. The van der Waals surface area contributed by atoms with Crippen LogP contribution in [0.4, 0.5) is 0 Å². The van der Waals surface area contributed by atoms with Crippen LogP contribution >= 0.6 is 0 Å². The number of hydrogen-bond donors (Lipinski definition) is 1. The lowest BCUT2D eigenvalue weighted by molar-refractivity contribution is -0.161. The minimum absolute atomic E-state index is 0.0840. The summed E-state index contributed by atoms with van der Waals surface area (Å²) in [5.74, 6) is -0.633. The topological polar surface area (TPSA) is 72.8 Å². The van der Waals surface area contributed by atoms with Gasteiger partial charge in [-0.1, -0.05) is 305 Å². The lowest BCUT2D eigenvalue weighted by Crippen LogP contribution is -2.28. The molecule has 0 aliphatic heterocycles. The zero-order valence-electron chi connectivity index (χ0n) is 46.5. The number of unbranched alkanes of at least 4 members (excludes halogenated alkanes) is 36. The third kappa shape index (κ3) is 57.9. The molecule has 0 aromatic heterocycles. The van der Waals surface area contributed by atoms with Crippen LogP contribution in [0.3, 0.4) is 0 Å². The molecule has 1 unspecified atom stereocenters. The van der Waals surface area contributed by atoms with Gasteiger partial charge in [0.2, 0.25) is 0 Å². The van der Waals surface area contributed by atoms with E-state index in [4.69, 9.17) is 9.47 Å². The Bertz CT molecular complexity index is 1240. The third-order valence-corrected chi connectivity index (χ3v) is 13.5. The van der Waals surface area contributed by atoms with E-state index in [1.54, 1.807) is 0 Å². The third-order valence-electron chi connectivity index (χ3n) is 13.5. The molecule has 0 rings (SSSR count). The number of allylic oxidation sites excluding steroid dienone is 12. The van der Waals surface area contributed by atoms with Gasteiger partial charge in [0.1, 0.15) is 6.61 Å². The molecule has 0 heterocycles. The maximum atomic E-state index is 12.3. The molecule has 406 valence electrons. The summed E-state index contributed by atoms with van der Waals surface area (Å²) in [5, 5.41) is 9.65. The number of aliphatic hydroxyl groups excluding tert-OH is 1. The summed E-state index contributed by atoms with van der Waals surface area (Å²) in [5.41, 5.74) is 0. The largest absolute Gasteiger partial charge is 0.462 e. The molecule has 5 nitrogen and oxygen atoms in total. The van der Waals surface area contributed by atoms with Crippen LogP contribution < -0.4 is 0 Å². The summed E-state index contributed by atoms with van der Waals surface area (Å²) in [7, 11) is 0. The van der Waals surface area contributed by atoms with E-state index in [0.717, 1.165) is 77.0 Å². The van der Waals surface area contributed by atoms with Crippen LogP contribution in [0.15, 0.2) is 72.9 Å². The van der Waals surface area contributed by atoms with Crippen LogP contribution in [-0.2, 0) is 19.1 Å². The van der Waals surface area contributed by atoms with Crippen molar-refractivity contribution in [3.8, 4) is 0 Å². The molecule has 0 saturated heterocycles. The highest BCUT2D eigenvalue weighted by atomic mass is 16.6. The van der Waals surface area contributed by atoms with E-state index >= 15 is 0 Å². The molecule has 0 aromatic rings. The van der Waals surface area contributed by atoms with Gasteiger partial charge in [0, 0.05) is 12.8 Å². The minimum Gasteiger partial charge on any atom is -0.462 e. The van der Waals surface area contributed by atoms with Gasteiger partial charge in [0.15, 0.2) is 6.10 Å². The molecular weight excluding hydrogens is 861 g/mol.